The largest absolute Gasteiger partial charge is 0.391 e. The molecule has 1 aliphatic heterocycles. The second kappa shape index (κ2) is 4.01. The zero-order valence-corrected chi connectivity index (χ0v) is 9.39. The minimum atomic E-state index is -0.186. The van der Waals surface area contributed by atoms with E-state index in [9.17, 15) is 5.11 Å². The molecule has 0 aromatic carbocycles. The molecule has 0 amide bonds. The SMILES string of the molecule is OC1CCN(c2ncnc3c2CCCC3)C1. The summed E-state index contributed by atoms with van der Waals surface area (Å²) >= 11 is 0. The zero-order valence-electron chi connectivity index (χ0n) is 9.39. The summed E-state index contributed by atoms with van der Waals surface area (Å²) in [6, 6.07) is 0. The second-order valence-corrected chi connectivity index (χ2v) is 4.72. The summed E-state index contributed by atoms with van der Waals surface area (Å²) in [7, 11) is 0. The van der Waals surface area contributed by atoms with E-state index in [1.807, 2.05) is 0 Å². The van der Waals surface area contributed by atoms with Crippen molar-refractivity contribution < 1.29 is 5.11 Å². The summed E-state index contributed by atoms with van der Waals surface area (Å²) in [6.45, 7) is 1.65. The maximum atomic E-state index is 9.58. The Kier molecular flexibility index (Phi) is 2.52. The number of rotatable bonds is 1. The third-order valence-electron chi connectivity index (χ3n) is 3.57. The Morgan fingerprint density at radius 1 is 1.25 bits per heavy atom. The molecule has 0 spiro atoms. The first-order valence-electron chi connectivity index (χ1n) is 6.10. The summed E-state index contributed by atoms with van der Waals surface area (Å²) in [4.78, 5) is 11.0. The molecule has 4 nitrogen and oxygen atoms in total. The highest BCUT2D eigenvalue weighted by atomic mass is 16.3. The van der Waals surface area contributed by atoms with Gasteiger partial charge in [0, 0.05) is 24.3 Å². The van der Waals surface area contributed by atoms with Crippen LogP contribution in [0.15, 0.2) is 6.33 Å². The van der Waals surface area contributed by atoms with Gasteiger partial charge in [0.1, 0.15) is 12.1 Å². The second-order valence-electron chi connectivity index (χ2n) is 4.72. The molecule has 1 saturated heterocycles. The Hall–Kier alpha value is -1.16. The fraction of sp³-hybridized carbons (Fsp3) is 0.667. The average molecular weight is 219 g/mol. The van der Waals surface area contributed by atoms with Gasteiger partial charge in [-0.15, -0.1) is 0 Å². The molecule has 0 saturated carbocycles. The van der Waals surface area contributed by atoms with Crippen LogP contribution >= 0.6 is 0 Å². The molecule has 16 heavy (non-hydrogen) atoms. The van der Waals surface area contributed by atoms with Gasteiger partial charge < -0.3 is 10.0 Å². The first-order chi connectivity index (χ1) is 7.84. The van der Waals surface area contributed by atoms with Gasteiger partial charge in [0.25, 0.3) is 0 Å². The number of hydrogen-bond donors (Lipinski definition) is 1. The Labute approximate surface area is 95.3 Å². The van der Waals surface area contributed by atoms with Crippen LogP contribution in [0.1, 0.15) is 30.5 Å². The van der Waals surface area contributed by atoms with Crippen molar-refractivity contribution in [2.24, 2.45) is 0 Å². The molecule has 4 heteroatoms. The van der Waals surface area contributed by atoms with Gasteiger partial charge in [-0.2, -0.15) is 0 Å². The van der Waals surface area contributed by atoms with Crippen LogP contribution < -0.4 is 4.90 Å². The quantitative estimate of drug-likeness (QED) is 0.763. The number of nitrogens with zero attached hydrogens (tertiary/aromatic N) is 3. The number of hydrogen-bond acceptors (Lipinski definition) is 4. The van der Waals surface area contributed by atoms with Crippen molar-refractivity contribution in [2.75, 3.05) is 18.0 Å². The van der Waals surface area contributed by atoms with Crippen molar-refractivity contribution in [1.82, 2.24) is 9.97 Å². The molecular weight excluding hydrogens is 202 g/mol. The molecular formula is C12H17N3O. The number of anilines is 1. The number of aliphatic hydroxyl groups excluding tert-OH is 1. The van der Waals surface area contributed by atoms with Gasteiger partial charge >= 0.3 is 0 Å². The third-order valence-corrected chi connectivity index (χ3v) is 3.57. The van der Waals surface area contributed by atoms with Gasteiger partial charge in [0.05, 0.1) is 6.10 Å². The number of aryl methyl sites for hydroxylation is 1. The van der Waals surface area contributed by atoms with Crippen molar-refractivity contribution in [1.29, 1.82) is 0 Å². The lowest BCUT2D eigenvalue weighted by Crippen LogP contribution is -2.25. The summed E-state index contributed by atoms with van der Waals surface area (Å²) < 4.78 is 0. The number of aromatic nitrogens is 2. The highest BCUT2D eigenvalue weighted by Crippen LogP contribution is 2.28. The molecule has 1 N–H and O–H groups in total. The van der Waals surface area contributed by atoms with Gasteiger partial charge in [0.2, 0.25) is 0 Å². The topological polar surface area (TPSA) is 49.2 Å². The molecule has 1 aliphatic carbocycles. The predicted octanol–water partition coefficient (Wildman–Crippen LogP) is 0.926. The van der Waals surface area contributed by atoms with Crippen LogP contribution in [-0.2, 0) is 12.8 Å². The Morgan fingerprint density at radius 2 is 2.12 bits per heavy atom. The molecule has 0 bridgehead atoms. The van der Waals surface area contributed by atoms with Crippen molar-refractivity contribution >= 4 is 5.82 Å². The molecule has 2 aliphatic rings. The Morgan fingerprint density at radius 3 is 2.94 bits per heavy atom. The first kappa shape index (κ1) is 10.0. The van der Waals surface area contributed by atoms with Crippen LogP contribution in [0.3, 0.4) is 0 Å². The van der Waals surface area contributed by atoms with Gasteiger partial charge in [-0.25, -0.2) is 9.97 Å². The molecule has 1 aromatic rings. The number of β-amino-alcohol motifs (C(OH)–C–C–N with tert-alkyl or cyclic N) is 1. The fourth-order valence-corrected chi connectivity index (χ4v) is 2.71. The summed E-state index contributed by atoms with van der Waals surface area (Å²) in [6.07, 6.45) is 7.01. The predicted molar refractivity (Wildman–Crippen MR) is 61.5 cm³/mol. The smallest absolute Gasteiger partial charge is 0.135 e. The molecule has 1 unspecified atom stereocenters. The standard InChI is InChI=1S/C12H17N3O/c16-9-5-6-15(7-9)12-10-3-1-2-4-11(10)13-8-14-12/h8-9,16H,1-7H2. The van der Waals surface area contributed by atoms with E-state index in [1.54, 1.807) is 6.33 Å². The van der Waals surface area contributed by atoms with Crippen molar-refractivity contribution in [3.8, 4) is 0 Å². The van der Waals surface area contributed by atoms with E-state index in [0.717, 1.165) is 38.2 Å². The first-order valence-corrected chi connectivity index (χ1v) is 6.10. The third kappa shape index (κ3) is 1.67. The number of aliphatic hydroxyl groups is 1. The molecule has 1 fully saturated rings. The van der Waals surface area contributed by atoms with Crippen LogP contribution in [0, 0.1) is 0 Å². The highest BCUT2D eigenvalue weighted by molar-refractivity contribution is 5.50. The monoisotopic (exact) mass is 219 g/mol. The average Bonchev–Trinajstić information content (AvgIpc) is 2.75. The van der Waals surface area contributed by atoms with E-state index in [2.05, 4.69) is 14.9 Å². The zero-order chi connectivity index (χ0) is 11.0. The van der Waals surface area contributed by atoms with E-state index < -0.39 is 0 Å². The highest BCUT2D eigenvalue weighted by Gasteiger charge is 2.25. The lowest BCUT2D eigenvalue weighted by Gasteiger charge is -2.23. The summed E-state index contributed by atoms with van der Waals surface area (Å²) in [5, 5.41) is 9.58. The van der Waals surface area contributed by atoms with E-state index in [4.69, 9.17) is 0 Å². The van der Waals surface area contributed by atoms with Gasteiger partial charge in [-0.1, -0.05) is 0 Å². The summed E-state index contributed by atoms with van der Waals surface area (Å²) in [5.41, 5.74) is 2.54. The molecule has 1 atom stereocenters. The van der Waals surface area contributed by atoms with Gasteiger partial charge in [-0.05, 0) is 32.1 Å². The minimum absolute atomic E-state index is 0.186. The van der Waals surface area contributed by atoms with Crippen molar-refractivity contribution in [3.63, 3.8) is 0 Å². The molecule has 86 valence electrons. The normalized spacial score (nSPS) is 24.6. The van der Waals surface area contributed by atoms with E-state index in [0.29, 0.717) is 0 Å². The van der Waals surface area contributed by atoms with E-state index in [1.165, 1.54) is 24.1 Å². The Bertz CT molecular complexity index is 394. The van der Waals surface area contributed by atoms with Crippen LogP contribution in [0.5, 0.6) is 0 Å². The molecule has 0 radical (unpaired) electrons. The molecule has 2 heterocycles. The van der Waals surface area contributed by atoms with Crippen LogP contribution in [0.25, 0.3) is 0 Å². The van der Waals surface area contributed by atoms with Crippen LogP contribution in [0.2, 0.25) is 0 Å². The minimum Gasteiger partial charge on any atom is -0.391 e. The van der Waals surface area contributed by atoms with E-state index >= 15 is 0 Å². The maximum absolute atomic E-state index is 9.58. The molecule has 1 aromatic heterocycles. The lowest BCUT2D eigenvalue weighted by atomic mass is 9.96. The summed E-state index contributed by atoms with van der Waals surface area (Å²) in [5.74, 6) is 1.07. The van der Waals surface area contributed by atoms with Crippen molar-refractivity contribution in [2.45, 2.75) is 38.2 Å². The number of fused-ring (bicyclic) bond motifs is 1. The van der Waals surface area contributed by atoms with Gasteiger partial charge in [0.15, 0.2) is 0 Å². The fourth-order valence-electron chi connectivity index (χ4n) is 2.71. The maximum Gasteiger partial charge on any atom is 0.135 e. The molecule has 3 rings (SSSR count). The lowest BCUT2D eigenvalue weighted by molar-refractivity contribution is 0.198. The Balaban J connectivity index is 1.94. The van der Waals surface area contributed by atoms with Crippen LogP contribution in [-0.4, -0.2) is 34.3 Å². The van der Waals surface area contributed by atoms with Crippen LogP contribution in [0.4, 0.5) is 5.82 Å². The van der Waals surface area contributed by atoms with Gasteiger partial charge in [-0.3, -0.25) is 0 Å². The van der Waals surface area contributed by atoms with E-state index in [-0.39, 0.29) is 6.10 Å². The van der Waals surface area contributed by atoms with Crippen molar-refractivity contribution in [3.05, 3.63) is 17.6 Å².